The monoisotopic (exact) mass is 479 g/mol. The topological polar surface area (TPSA) is 46.5 Å². The molecule has 0 saturated heterocycles. The van der Waals surface area contributed by atoms with Gasteiger partial charge in [-0.25, -0.2) is 4.21 Å². The van der Waals surface area contributed by atoms with Crippen LogP contribution in [0.2, 0.25) is 0 Å². The number of carbonyl (C=O) groups excluding carboxylic acids is 1. The minimum Gasteiger partial charge on any atom is -0.272 e. The van der Waals surface area contributed by atoms with Gasteiger partial charge in [0.2, 0.25) is 0 Å². The summed E-state index contributed by atoms with van der Waals surface area (Å²) >= 11 is 2.82. The van der Waals surface area contributed by atoms with E-state index in [4.69, 9.17) is 0 Å². The number of carbonyl (C=O) groups is 1. The molecule has 1 atom stereocenters. The smallest absolute Gasteiger partial charge is 0.272 e. The van der Waals surface area contributed by atoms with Crippen LogP contribution in [-0.4, -0.2) is 33.4 Å². The molecule has 0 spiro atoms. The van der Waals surface area contributed by atoms with E-state index in [1.54, 1.807) is 0 Å². The Hall–Kier alpha value is -1.31. The highest BCUT2D eigenvalue weighted by molar-refractivity contribution is 9.10. The summed E-state index contributed by atoms with van der Waals surface area (Å²) in [6, 6.07) is 2.66. The average molecular weight is 480 g/mol. The second-order valence-electron chi connectivity index (χ2n) is 4.75. The number of nitrogens with zero attached hydrogens (tertiary/aromatic N) is 1. The zero-order chi connectivity index (χ0) is 20.8. The molecule has 0 saturated carbocycles. The van der Waals surface area contributed by atoms with Crippen LogP contribution >= 0.6 is 15.9 Å². The standard InChI is InChI=1S/C12H7BrF9NO2S/c1-6(24)23-26(25,8-4-2-7(13)3-5-8)12(21,22)10(16,17)9(14,15)11(18,19)20/h2-5H,1H3. The number of halogens is 10. The zero-order valence-corrected chi connectivity index (χ0v) is 14.7. The Bertz CT molecular complexity index is 811. The summed E-state index contributed by atoms with van der Waals surface area (Å²) in [5.41, 5.74) is 0. The molecule has 148 valence electrons. The van der Waals surface area contributed by atoms with E-state index in [-0.39, 0.29) is 4.47 Å². The molecule has 1 unspecified atom stereocenters. The maximum atomic E-state index is 14.2. The molecule has 3 nitrogen and oxygen atoms in total. The lowest BCUT2D eigenvalue weighted by Crippen LogP contribution is -2.63. The van der Waals surface area contributed by atoms with Gasteiger partial charge in [-0.3, -0.25) is 4.79 Å². The molecule has 0 N–H and O–H groups in total. The van der Waals surface area contributed by atoms with Gasteiger partial charge in [0, 0.05) is 11.4 Å². The summed E-state index contributed by atoms with van der Waals surface area (Å²) in [4.78, 5) is 9.64. The Balaban J connectivity index is 3.84. The van der Waals surface area contributed by atoms with Crippen molar-refractivity contribution < 1.29 is 48.5 Å². The van der Waals surface area contributed by atoms with Gasteiger partial charge < -0.3 is 0 Å². The Morgan fingerprint density at radius 2 is 1.35 bits per heavy atom. The molecule has 0 aliphatic carbocycles. The van der Waals surface area contributed by atoms with Crippen LogP contribution in [0.25, 0.3) is 0 Å². The first kappa shape index (κ1) is 22.7. The molecule has 0 aliphatic rings. The molecular weight excluding hydrogens is 473 g/mol. The van der Waals surface area contributed by atoms with Gasteiger partial charge in [0.05, 0.1) is 4.90 Å². The predicted molar refractivity (Wildman–Crippen MR) is 74.6 cm³/mol. The van der Waals surface area contributed by atoms with Gasteiger partial charge in [0.1, 0.15) is 0 Å². The molecule has 26 heavy (non-hydrogen) atoms. The van der Waals surface area contributed by atoms with E-state index in [0.717, 1.165) is 12.1 Å². The minimum absolute atomic E-state index is 0.140. The van der Waals surface area contributed by atoms with E-state index in [1.165, 1.54) is 0 Å². The van der Waals surface area contributed by atoms with E-state index in [0.29, 0.717) is 19.1 Å². The highest BCUT2D eigenvalue weighted by atomic mass is 79.9. The number of alkyl halides is 9. The summed E-state index contributed by atoms with van der Waals surface area (Å²) in [5.74, 6) is -16.2. The van der Waals surface area contributed by atoms with Crippen molar-refractivity contribution in [2.24, 2.45) is 4.36 Å². The van der Waals surface area contributed by atoms with Crippen LogP contribution in [0.3, 0.4) is 0 Å². The summed E-state index contributed by atoms with van der Waals surface area (Å²) in [5, 5.41) is -6.56. The number of hydrogen-bond donors (Lipinski definition) is 0. The Morgan fingerprint density at radius 1 is 0.923 bits per heavy atom. The molecular formula is C12H7BrF9NO2S. The minimum atomic E-state index is -7.26. The fraction of sp³-hybridized carbons (Fsp3) is 0.417. The lowest BCUT2D eigenvalue weighted by atomic mass is 10.1. The van der Waals surface area contributed by atoms with Crippen molar-refractivity contribution in [2.45, 2.75) is 35.1 Å². The van der Waals surface area contributed by atoms with Gasteiger partial charge in [-0.1, -0.05) is 15.9 Å². The first-order valence-corrected chi connectivity index (χ1v) is 8.45. The van der Waals surface area contributed by atoms with Gasteiger partial charge in [0.15, 0.2) is 9.73 Å². The van der Waals surface area contributed by atoms with Crippen LogP contribution in [0.5, 0.6) is 0 Å². The van der Waals surface area contributed by atoms with Crippen LogP contribution in [-0.2, 0) is 14.5 Å². The van der Waals surface area contributed by atoms with E-state index in [2.05, 4.69) is 20.3 Å². The number of rotatable bonds is 4. The number of amides is 1. The van der Waals surface area contributed by atoms with E-state index < -0.39 is 43.8 Å². The van der Waals surface area contributed by atoms with Crippen LogP contribution in [0.4, 0.5) is 39.5 Å². The van der Waals surface area contributed by atoms with Crippen LogP contribution < -0.4 is 0 Å². The lowest BCUT2D eigenvalue weighted by molar-refractivity contribution is -0.381. The molecule has 1 rings (SSSR count). The third-order valence-electron chi connectivity index (χ3n) is 2.85. The molecule has 0 radical (unpaired) electrons. The second-order valence-corrected chi connectivity index (χ2v) is 7.89. The van der Waals surface area contributed by atoms with Crippen molar-refractivity contribution in [3.63, 3.8) is 0 Å². The van der Waals surface area contributed by atoms with E-state index in [1.807, 2.05) is 0 Å². The molecule has 14 heteroatoms. The van der Waals surface area contributed by atoms with Gasteiger partial charge in [0.25, 0.3) is 5.91 Å². The average Bonchev–Trinajstić information content (AvgIpc) is 2.45. The van der Waals surface area contributed by atoms with E-state index in [9.17, 15) is 48.5 Å². The SMILES string of the molecule is CC(=O)N=S(=O)(c1ccc(Br)cc1)C(F)(F)C(F)(F)C(F)(F)C(F)(F)F. The van der Waals surface area contributed by atoms with Crippen molar-refractivity contribution in [3.8, 4) is 0 Å². The van der Waals surface area contributed by atoms with Gasteiger partial charge >= 0.3 is 23.3 Å². The zero-order valence-electron chi connectivity index (χ0n) is 12.3. The van der Waals surface area contributed by atoms with Crippen molar-refractivity contribution in [3.05, 3.63) is 28.7 Å². The summed E-state index contributed by atoms with van der Waals surface area (Å²) in [6.07, 6.45) is -7.09. The largest absolute Gasteiger partial charge is 0.460 e. The first-order valence-electron chi connectivity index (χ1n) is 6.15. The molecule has 0 heterocycles. The third kappa shape index (κ3) is 3.44. The molecule has 1 aromatic carbocycles. The first-order chi connectivity index (χ1) is 11.4. The van der Waals surface area contributed by atoms with Gasteiger partial charge in [-0.15, -0.1) is 0 Å². The molecule has 0 aliphatic heterocycles. The molecule has 0 bridgehead atoms. The normalized spacial score (nSPS) is 16.1. The van der Waals surface area contributed by atoms with Crippen molar-refractivity contribution in [1.82, 2.24) is 0 Å². The quantitative estimate of drug-likeness (QED) is 0.554. The predicted octanol–water partition coefficient (Wildman–Crippen LogP) is 5.25. The summed E-state index contributed by atoms with van der Waals surface area (Å²) in [6.45, 7) is 0.384. The fourth-order valence-electron chi connectivity index (χ4n) is 1.59. The van der Waals surface area contributed by atoms with Crippen LogP contribution in [0.1, 0.15) is 6.92 Å². The van der Waals surface area contributed by atoms with Crippen molar-refractivity contribution in [1.29, 1.82) is 0 Å². The van der Waals surface area contributed by atoms with Crippen molar-refractivity contribution in [2.75, 3.05) is 0 Å². The molecule has 0 aromatic heterocycles. The number of hydrogen-bond acceptors (Lipinski definition) is 2. The molecule has 1 amide bonds. The molecule has 1 aromatic rings. The summed E-state index contributed by atoms with van der Waals surface area (Å²) < 4.78 is 133. The lowest BCUT2D eigenvalue weighted by Gasteiger charge is -2.34. The maximum absolute atomic E-state index is 14.2. The number of benzene rings is 1. The Labute approximate surface area is 148 Å². The van der Waals surface area contributed by atoms with Crippen molar-refractivity contribution >= 4 is 31.6 Å². The van der Waals surface area contributed by atoms with Crippen LogP contribution in [0.15, 0.2) is 38.0 Å². The summed E-state index contributed by atoms with van der Waals surface area (Å²) in [7, 11) is -6.07. The fourth-order valence-corrected chi connectivity index (χ4v) is 3.72. The van der Waals surface area contributed by atoms with Gasteiger partial charge in [-0.05, 0) is 24.3 Å². The maximum Gasteiger partial charge on any atom is 0.460 e. The third-order valence-corrected chi connectivity index (χ3v) is 5.76. The Morgan fingerprint density at radius 3 is 1.69 bits per heavy atom. The van der Waals surface area contributed by atoms with Gasteiger partial charge in [-0.2, -0.15) is 43.9 Å². The highest BCUT2D eigenvalue weighted by Crippen LogP contribution is 2.56. The Kier molecular flexibility index (Phi) is 5.85. The highest BCUT2D eigenvalue weighted by Gasteiger charge is 2.84. The van der Waals surface area contributed by atoms with E-state index >= 15 is 0 Å². The van der Waals surface area contributed by atoms with Crippen LogP contribution in [0, 0.1) is 0 Å². The molecule has 0 fully saturated rings. The second kappa shape index (κ2) is 6.69.